The molecule has 0 bridgehead atoms. The highest BCUT2D eigenvalue weighted by molar-refractivity contribution is 7.80. The fraction of sp³-hybridized carbons (Fsp3) is 0.150. The van der Waals surface area contributed by atoms with Gasteiger partial charge < -0.3 is 5.32 Å². The summed E-state index contributed by atoms with van der Waals surface area (Å²) in [5.41, 5.74) is 4.23. The normalized spacial score (nSPS) is 11.3. The number of aromatic amines is 1. The zero-order valence-electron chi connectivity index (χ0n) is 15.5. The number of H-pyrrole nitrogens is 1. The Bertz CT molecular complexity index is 1070. The first-order chi connectivity index (χ1) is 13.5. The highest BCUT2D eigenvalue weighted by atomic mass is 32.1. The van der Waals surface area contributed by atoms with Gasteiger partial charge >= 0.3 is 0 Å². The van der Waals surface area contributed by atoms with E-state index in [1.807, 2.05) is 25.1 Å². The topological polar surface area (TPSA) is 74.2 Å². The van der Waals surface area contributed by atoms with Crippen molar-refractivity contribution >= 4 is 23.0 Å². The minimum Gasteiger partial charge on any atom is -0.362 e. The molecule has 144 valence electrons. The van der Waals surface area contributed by atoms with E-state index in [2.05, 4.69) is 20.9 Å². The molecule has 0 aliphatic rings. The summed E-state index contributed by atoms with van der Waals surface area (Å²) in [5.74, 6) is -0.483. The van der Waals surface area contributed by atoms with E-state index in [-0.39, 0.29) is 27.5 Å². The number of hydrazone groups is 1. The summed E-state index contributed by atoms with van der Waals surface area (Å²) in [5, 5.41) is 10.5. The van der Waals surface area contributed by atoms with E-state index < -0.39 is 5.82 Å². The largest absolute Gasteiger partial charge is 0.362 e. The molecule has 0 amide bonds. The van der Waals surface area contributed by atoms with Gasteiger partial charge in [-0.15, -0.1) is 0 Å². The van der Waals surface area contributed by atoms with Crippen LogP contribution in [0.4, 0.5) is 4.39 Å². The number of benzene rings is 2. The van der Waals surface area contributed by atoms with Crippen molar-refractivity contribution < 1.29 is 4.39 Å². The molecular weight excluding hydrogens is 377 g/mol. The summed E-state index contributed by atoms with van der Waals surface area (Å²) in [7, 11) is 0. The van der Waals surface area contributed by atoms with Gasteiger partial charge in [-0.1, -0.05) is 30.3 Å². The third kappa shape index (κ3) is 4.01. The molecule has 3 aromatic rings. The molecule has 2 aromatic carbocycles. The van der Waals surface area contributed by atoms with E-state index in [0.29, 0.717) is 17.9 Å². The summed E-state index contributed by atoms with van der Waals surface area (Å²) >= 11 is 5.14. The first-order valence-corrected chi connectivity index (χ1v) is 9.17. The van der Waals surface area contributed by atoms with Gasteiger partial charge in [-0.25, -0.2) is 9.07 Å². The number of thiocarbonyl (C=S) groups is 1. The van der Waals surface area contributed by atoms with E-state index in [1.54, 1.807) is 37.3 Å². The van der Waals surface area contributed by atoms with Crippen molar-refractivity contribution in [3.63, 3.8) is 0 Å². The Kier molecular flexibility index (Phi) is 6.00. The molecule has 3 N–H and O–H groups in total. The number of nitrogens with one attached hydrogen (secondary N) is 3. The third-order valence-corrected chi connectivity index (χ3v) is 4.29. The highest BCUT2D eigenvalue weighted by Crippen LogP contribution is 2.15. The fourth-order valence-corrected chi connectivity index (χ4v) is 2.99. The molecule has 0 saturated heterocycles. The Morgan fingerprint density at radius 2 is 1.86 bits per heavy atom. The van der Waals surface area contributed by atoms with Gasteiger partial charge in [0.2, 0.25) is 0 Å². The fourth-order valence-electron chi connectivity index (χ4n) is 2.80. The average Bonchev–Trinajstić information content (AvgIpc) is 2.99. The van der Waals surface area contributed by atoms with Gasteiger partial charge in [-0.2, -0.15) is 5.10 Å². The summed E-state index contributed by atoms with van der Waals surface area (Å²) < 4.78 is 15.9. The Labute approximate surface area is 167 Å². The van der Waals surface area contributed by atoms with Gasteiger partial charge in [-0.05, 0) is 50.3 Å². The summed E-state index contributed by atoms with van der Waals surface area (Å²) in [6.45, 7) is 4.25. The molecule has 1 aromatic heterocycles. The maximum Gasteiger partial charge on any atom is 0.281 e. The highest BCUT2D eigenvalue weighted by Gasteiger charge is 2.22. The van der Waals surface area contributed by atoms with Crippen LogP contribution >= 0.6 is 12.2 Å². The molecule has 0 aliphatic carbocycles. The smallest absolute Gasteiger partial charge is 0.281 e. The standard InChI is InChI=1S/C20H20FN5OS/c1-3-22-20(28)24-23-18(15-11-7-8-12-16(15)21)17-13(2)25-26(19(17)27)14-9-5-4-6-10-14/h4-12,25H,3H2,1-2H3,(H2,22,24,28)/b23-18-. The lowest BCUT2D eigenvalue weighted by atomic mass is 10.0. The summed E-state index contributed by atoms with van der Waals surface area (Å²) in [6.07, 6.45) is 0. The van der Waals surface area contributed by atoms with Crippen LogP contribution in [-0.4, -0.2) is 27.1 Å². The molecular formula is C20H20FN5OS. The molecule has 0 fully saturated rings. The predicted molar refractivity (Wildman–Crippen MR) is 113 cm³/mol. The van der Waals surface area contributed by atoms with Crippen LogP contribution in [-0.2, 0) is 0 Å². The van der Waals surface area contributed by atoms with Gasteiger partial charge in [0, 0.05) is 17.8 Å². The van der Waals surface area contributed by atoms with Crippen molar-refractivity contribution in [3.8, 4) is 5.69 Å². The second kappa shape index (κ2) is 8.62. The molecule has 6 nitrogen and oxygen atoms in total. The number of hydrogen-bond donors (Lipinski definition) is 3. The molecule has 0 unspecified atom stereocenters. The lowest BCUT2D eigenvalue weighted by Gasteiger charge is -2.09. The first-order valence-electron chi connectivity index (χ1n) is 8.76. The Balaban J connectivity index is 2.15. The predicted octanol–water partition coefficient (Wildman–Crippen LogP) is 2.85. The number of rotatable bonds is 5. The number of nitrogens with zero attached hydrogens (tertiary/aromatic N) is 2. The van der Waals surface area contributed by atoms with Crippen molar-refractivity contribution in [3.05, 3.63) is 87.6 Å². The van der Waals surface area contributed by atoms with E-state index >= 15 is 0 Å². The van der Waals surface area contributed by atoms with E-state index in [1.165, 1.54) is 10.7 Å². The SMILES string of the molecule is CCNC(=S)N/N=C(/c1ccccc1F)c1c(C)[nH]n(-c2ccccc2)c1=O. The van der Waals surface area contributed by atoms with Crippen molar-refractivity contribution in [1.82, 2.24) is 20.5 Å². The molecule has 3 rings (SSSR count). The monoisotopic (exact) mass is 397 g/mol. The van der Waals surface area contributed by atoms with Crippen molar-refractivity contribution in [1.29, 1.82) is 0 Å². The zero-order valence-corrected chi connectivity index (χ0v) is 16.3. The lowest BCUT2D eigenvalue weighted by Crippen LogP contribution is -2.33. The molecule has 0 atom stereocenters. The Morgan fingerprint density at radius 1 is 1.18 bits per heavy atom. The van der Waals surface area contributed by atoms with Crippen molar-refractivity contribution in [2.75, 3.05) is 6.54 Å². The molecule has 0 radical (unpaired) electrons. The van der Waals surface area contributed by atoms with E-state index in [9.17, 15) is 9.18 Å². The number of aryl methyl sites for hydroxylation is 1. The van der Waals surface area contributed by atoms with Crippen molar-refractivity contribution in [2.45, 2.75) is 13.8 Å². The second-order valence-electron chi connectivity index (χ2n) is 6.00. The Morgan fingerprint density at radius 3 is 2.54 bits per heavy atom. The van der Waals surface area contributed by atoms with Crippen LogP contribution in [0.25, 0.3) is 5.69 Å². The third-order valence-electron chi connectivity index (χ3n) is 4.06. The van der Waals surface area contributed by atoms with Crippen LogP contribution in [0.15, 0.2) is 64.5 Å². The number of aromatic nitrogens is 2. The first kappa shape index (κ1) is 19.5. The molecule has 8 heteroatoms. The zero-order chi connectivity index (χ0) is 20.1. The second-order valence-corrected chi connectivity index (χ2v) is 6.41. The number of hydrogen-bond acceptors (Lipinski definition) is 3. The van der Waals surface area contributed by atoms with Crippen LogP contribution in [0.5, 0.6) is 0 Å². The van der Waals surface area contributed by atoms with Crippen LogP contribution in [0, 0.1) is 12.7 Å². The molecule has 0 aliphatic heterocycles. The molecule has 0 saturated carbocycles. The quantitative estimate of drug-likeness (QED) is 0.352. The lowest BCUT2D eigenvalue weighted by molar-refractivity contribution is 0.625. The summed E-state index contributed by atoms with van der Waals surface area (Å²) in [4.78, 5) is 13.1. The number of para-hydroxylation sites is 1. The van der Waals surface area contributed by atoms with Gasteiger partial charge in [0.1, 0.15) is 11.5 Å². The molecule has 0 spiro atoms. The number of halogens is 1. The van der Waals surface area contributed by atoms with Crippen molar-refractivity contribution in [2.24, 2.45) is 5.10 Å². The van der Waals surface area contributed by atoms with E-state index in [4.69, 9.17) is 12.2 Å². The van der Waals surface area contributed by atoms with Crippen LogP contribution in [0.1, 0.15) is 23.7 Å². The van der Waals surface area contributed by atoms with Gasteiger partial charge in [0.05, 0.1) is 11.3 Å². The van der Waals surface area contributed by atoms with Crippen LogP contribution in [0.3, 0.4) is 0 Å². The Hall–Kier alpha value is -3.26. The molecule has 1 heterocycles. The van der Waals surface area contributed by atoms with Crippen LogP contribution < -0.4 is 16.3 Å². The van der Waals surface area contributed by atoms with Gasteiger partial charge in [0.25, 0.3) is 5.56 Å². The maximum absolute atomic E-state index is 14.5. The average molecular weight is 397 g/mol. The van der Waals surface area contributed by atoms with Crippen LogP contribution in [0.2, 0.25) is 0 Å². The summed E-state index contributed by atoms with van der Waals surface area (Å²) in [6, 6.07) is 15.3. The van der Waals surface area contributed by atoms with Gasteiger partial charge in [-0.3, -0.25) is 15.3 Å². The maximum atomic E-state index is 14.5. The van der Waals surface area contributed by atoms with E-state index in [0.717, 1.165) is 0 Å². The minimum absolute atomic E-state index is 0.173. The molecule has 28 heavy (non-hydrogen) atoms. The minimum atomic E-state index is -0.483. The van der Waals surface area contributed by atoms with Gasteiger partial charge in [0.15, 0.2) is 5.11 Å².